The van der Waals surface area contributed by atoms with E-state index in [0.717, 1.165) is 30.8 Å². The summed E-state index contributed by atoms with van der Waals surface area (Å²) in [6, 6.07) is 28.1. The number of rotatable bonds is 12. The van der Waals surface area contributed by atoms with Crippen LogP contribution in [-0.2, 0) is 27.3 Å². The highest BCUT2D eigenvalue weighted by atomic mass is 16.5. The predicted molar refractivity (Wildman–Crippen MR) is 143 cm³/mol. The van der Waals surface area contributed by atoms with Crippen LogP contribution in [0.25, 0.3) is 0 Å². The molecule has 1 saturated heterocycles. The molecule has 1 unspecified atom stereocenters. The number of hydrogen-bond acceptors (Lipinski definition) is 5. The van der Waals surface area contributed by atoms with Crippen molar-refractivity contribution in [2.75, 3.05) is 46.0 Å². The molecule has 2 amide bonds. The van der Waals surface area contributed by atoms with Gasteiger partial charge < -0.3 is 19.7 Å². The van der Waals surface area contributed by atoms with Crippen LogP contribution >= 0.6 is 0 Å². The van der Waals surface area contributed by atoms with E-state index in [2.05, 4.69) is 10.2 Å². The number of para-hydroxylation sites is 1. The van der Waals surface area contributed by atoms with Crippen LogP contribution in [0.5, 0.6) is 5.75 Å². The van der Waals surface area contributed by atoms with Crippen molar-refractivity contribution < 1.29 is 19.1 Å². The monoisotopic (exact) mass is 501 g/mol. The highest BCUT2D eigenvalue weighted by Gasteiger charge is 2.30. The second kappa shape index (κ2) is 14.2. The molecular weight excluding hydrogens is 466 g/mol. The Balaban J connectivity index is 1.52. The summed E-state index contributed by atoms with van der Waals surface area (Å²) in [5, 5.41) is 3.09. The van der Waals surface area contributed by atoms with Crippen LogP contribution in [0.2, 0.25) is 0 Å². The zero-order valence-corrected chi connectivity index (χ0v) is 21.1. The van der Waals surface area contributed by atoms with Crippen molar-refractivity contribution in [3.63, 3.8) is 0 Å². The van der Waals surface area contributed by atoms with Gasteiger partial charge in [-0.15, -0.1) is 0 Å². The number of amides is 2. The molecule has 194 valence electrons. The van der Waals surface area contributed by atoms with E-state index in [0.29, 0.717) is 38.5 Å². The minimum Gasteiger partial charge on any atom is -0.484 e. The molecule has 0 spiro atoms. The van der Waals surface area contributed by atoms with Gasteiger partial charge in [0.25, 0.3) is 5.91 Å². The van der Waals surface area contributed by atoms with E-state index in [1.807, 2.05) is 91.0 Å². The van der Waals surface area contributed by atoms with Crippen LogP contribution in [0.15, 0.2) is 91.0 Å². The number of hydrogen-bond donors (Lipinski definition) is 1. The van der Waals surface area contributed by atoms with E-state index >= 15 is 0 Å². The van der Waals surface area contributed by atoms with Crippen molar-refractivity contribution in [2.45, 2.75) is 19.0 Å². The normalized spacial score (nSPS) is 14.5. The highest BCUT2D eigenvalue weighted by molar-refractivity contribution is 5.88. The van der Waals surface area contributed by atoms with E-state index < -0.39 is 6.04 Å². The average molecular weight is 502 g/mol. The molecule has 1 aliphatic heterocycles. The molecule has 7 heteroatoms. The van der Waals surface area contributed by atoms with E-state index in [-0.39, 0.29) is 18.4 Å². The summed E-state index contributed by atoms with van der Waals surface area (Å²) in [5.74, 6) is 0.211. The summed E-state index contributed by atoms with van der Waals surface area (Å²) in [5.41, 5.74) is 1.94. The molecule has 1 heterocycles. The zero-order valence-electron chi connectivity index (χ0n) is 21.1. The minimum absolute atomic E-state index is 0.150. The first-order valence-corrected chi connectivity index (χ1v) is 12.8. The van der Waals surface area contributed by atoms with Gasteiger partial charge in [0.15, 0.2) is 6.61 Å². The minimum atomic E-state index is -0.681. The molecule has 4 rings (SSSR count). The second-order valence-electron chi connectivity index (χ2n) is 9.06. The van der Waals surface area contributed by atoms with E-state index in [1.165, 1.54) is 0 Å². The van der Waals surface area contributed by atoms with Crippen molar-refractivity contribution >= 4 is 11.8 Å². The van der Waals surface area contributed by atoms with Gasteiger partial charge in [0, 0.05) is 39.1 Å². The molecule has 0 aromatic heterocycles. The second-order valence-corrected chi connectivity index (χ2v) is 9.06. The Labute approximate surface area is 219 Å². The summed E-state index contributed by atoms with van der Waals surface area (Å²) in [7, 11) is 0. The largest absolute Gasteiger partial charge is 0.484 e. The molecule has 1 aliphatic rings. The van der Waals surface area contributed by atoms with E-state index in [1.54, 1.807) is 4.90 Å². The Bertz CT molecular complexity index is 1090. The van der Waals surface area contributed by atoms with Gasteiger partial charge in [0.05, 0.1) is 13.2 Å². The summed E-state index contributed by atoms with van der Waals surface area (Å²) >= 11 is 0. The molecule has 0 saturated carbocycles. The van der Waals surface area contributed by atoms with Crippen molar-refractivity contribution in [1.82, 2.24) is 15.1 Å². The smallest absolute Gasteiger partial charge is 0.261 e. The number of nitrogens with zero attached hydrogens (tertiary/aromatic N) is 2. The van der Waals surface area contributed by atoms with E-state index in [9.17, 15) is 9.59 Å². The lowest BCUT2D eigenvalue weighted by atomic mass is 10.0. The molecule has 1 atom stereocenters. The molecular formula is C30H35N3O4. The third kappa shape index (κ3) is 8.44. The van der Waals surface area contributed by atoms with Crippen LogP contribution in [-0.4, -0.2) is 73.7 Å². The molecule has 0 radical (unpaired) electrons. The SMILES string of the molecule is O=C(NCCN1CCOCC1)C(Cc1ccccc1)N(Cc1ccccc1)C(=O)COc1ccccc1. The lowest BCUT2D eigenvalue weighted by Crippen LogP contribution is -2.52. The number of carbonyl (C=O) groups is 2. The topological polar surface area (TPSA) is 71.1 Å². The van der Waals surface area contributed by atoms with E-state index in [4.69, 9.17) is 9.47 Å². The third-order valence-corrected chi connectivity index (χ3v) is 6.40. The van der Waals surface area contributed by atoms with Gasteiger partial charge >= 0.3 is 0 Å². The van der Waals surface area contributed by atoms with Crippen molar-refractivity contribution in [3.8, 4) is 5.75 Å². The molecule has 1 fully saturated rings. The van der Waals surface area contributed by atoms with Gasteiger partial charge in [-0.1, -0.05) is 78.9 Å². The number of ether oxygens (including phenoxy) is 2. The predicted octanol–water partition coefficient (Wildman–Crippen LogP) is 3.15. The molecule has 0 aliphatic carbocycles. The first-order valence-electron chi connectivity index (χ1n) is 12.8. The first-order chi connectivity index (χ1) is 18.2. The van der Waals surface area contributed by atoms with Gasteiger partial charge in [-0.3, -0.25) is 14.5 Å². The highest BCUT2D eigenvalue weighted by Crippen LogP contribution is 2.16. The quantitative estimate of drug-likeness (QED) is 0.413. The Morgan fingerprint density at radius 2 is 1.46 bits per heavy atom. The molecule has 3 aromatic carbocycles. The zero-order chi connectivity index (χ0) is 25.7. The van der Waals surface area contributed by atoms with Gasteiger partial charge in [-0.2, -0.15) is 0 Å². The summed E-state index contributed by atoms with van der Waals surface area (Å²) < 4.78 is 11.2. The molecule has 3 aromatic rings. The van der Waals surface area contributed by atoms with Gasteiger partial charge in [-0.05, 0) is 23.3 Å². The van der Waals surface area contributed by atoms with Gasteiger partial charge in [0.2, 0.25) is 5.91 Å². The number of carbonyl (C=O) groups excluding carboxylic acids is 2. The van der Waals surface area contributed by atoms with Crippen LogP contribution < -0.4 is 10.1 Å². The number of morpholine rings is 1. The Morgan fingerprint density at radius 1 is 0.865 bits per heavy atom. The molecule has 37 heavy (non-hydrogen) atoms. The lowest BCUT2D eigenvalue weighted by molar-refractivity contribution is -0.142. The third-order valence-electron chi connectivity index (χ3n) is 6.40. The standard InChI is InChI=1S/C30H35N3O4/c34-29(24-37-27-14-8-3-9-15-27)33(23-26-12-6-2-7-13-26)28(22-25-10-4-1-5-11-25)30(35)31-16-17-32-18-20-36-21-19-32/h1-15,28H,16-24H2,(H,31,35). The van der Waals surface area contributed by atoms with Crippen LogP contribution in [0.1, 0.15) is 11.1 Å². The van der Waals surface area contributed by atoms with Gasteiger partial charge in [-0.25, -0.2) is 0 Å². The number of nitrogens with one attached hydrogen (secondary N) is 1. The Hall–Kier alpha value is -3.68. The fraction of sp³-hybridized carbons (Fsp3) is 0.333. The Kier molecular flexibility index (Phi) is 10.1. The van der Waals surface area contributed by atoms with Gasteiger partial charge in [0.1, 0.15) is 11.8 Å². The van der Waals surface area contributed by atoms with Crippen molar-refractivity contribution in [1.29, 1.82) is 0 Å². The number of benzene rings is 3. The molecule has 0 bridgehead atoms. The average Bonchev–Trinajstić information content (AvgIpc) is 2.96. The maximum absolute atomic E-state index is 13.6. The van der Waals surface area contributed by atoms with Crippen LogP contribution in [0.3, 0.4) is 0 Å². The molecule has 7 nitrogen and oxygen atoms in total. The summed E-state index contributed by atoms with van der Waals surface area (Å²) in [6.45, 7) is 4.57. The Morgan fingerprint density at radius 3 is 2.11 bits per heavy atom. The lowest BCUT2D eigenvalue weighted by Gasteiger charge is -2.32. The van der Waals surface area contributed by atoms with Crippen LogP contribution in [0.4, 0.5) is 0 Å². The summed E-state index contributed by atoms with van der Waals surface area (Å²) in [6.07, 6.45) is 0.411. The molecule has 1 N–H and O–H groups in total. The van der Waals surface area contributed by atoms with Crippen LogP contribution in [0, 0.1) is 0 Å². The maximum atomic E-state index is 13.6. The van der Waals surface area contributed by atoms with Crippen molar-refractivity contribution in [3.05, 3.63) is 102 Å². The summed E-state index contributed by atoms with van der Waals surface area (Å²) in [4.78, 5) is 31.1. The fourth-order valence-electron chi connectivity index (χ4n) is 4.36. The fourth-order valence-corrected chi connectivity index (χ4v) is 4.36. The first kappa shape index (κ1) is 26.4. The van der Waals surface area contributed by atoms with Crippen molar-refractivity contribution in [2.24, 2.45) is 0 Å². The maximum Gasteiger partial charge on any atom is 0.261 e.